The van der Waals surface area contributed by atoms with Crippen LogP contribution in [0.25, 0.3) is 22.3 Å². The van der Waals surface area contributed by atoms with Gasteiger partial charge in [-0.25, -0.2) is 20.0 Å². The molecule has 0 bridgehead atoms. The lowest BCUT2D eigenvalue weighted by Gasteiger charge is -2.24. The van der Waals surface area contributed by atoms with Gasteiger partial charge in [0, 0.05) is 33.6 Å². The minimum Gasteiger partial charge on any atom is -0.360 e. The zero-order chi connectivity index (χ0) is 23.4. The van der Waals surface area contributed by atoms with Gasteiger partial charge >= 0.3 is 0 Å². The summed E-state index contributed by atoms with van der Waals surface area (Å²) in [5, 5.41) is 5.67. The fraction of sp³-hybridized carbons (Fsp3) is 0.320. The molecule has 0 spiro atoms. The number of hydrogen-bond donors (Lipinski definition) is 0. The van der Waals surface area contributed by atoms with Gasteiger partial charge in [-0.05, 0) is 49.0 Å². The Balaban J connectivity index is 1.58. The van der Waals surface area contributed by atoms with E-state index in [2.05, 4.69) is 80.7 Å². The number of ether oxygens (including phenoxy) is 1. The third kappa shape index (κ3) is 5.75. The fourth-order valence-corrected chi connectivity index (χ4v) is 4.74. The first-order chi connectivity index (χ1) is 15.9. The van der Waals surface area contributed by atoms with Crippen LogP contribution in [0.1, 0.15) is 18.0 Å². The second-order valence-electron chi connectivity index (χ2n) is 8.88. The molecule has 174 valence electrons. The van der Waals surface area contributed by atoms with Crippen molar-refractivity contribution >= 4 is 37.0 Å². The van der Waals surface area contributed by atoms with E-state index in [0.717, 1.165) is 45.5 Å². The Morgan fingerprint density at radius 3 is 2.82 bits per heavy atom. The van der Waals surface area contributed by atoms with Crippen molar-refractivity contribution in [2.45, 2.75) is 19.2 Å². The fourth-order valence-electron chi connectivity index (χ4n) is 3.71. The molecule has 0 saturated heterocycles. The Kier molecular flexibility index (Phi) is 7.36. The van der Waals surface area contributed by atoms with Crippen molar-refractivity contribution in [1.82, 2.24) is 24.3 Å². The third-order valence-corrected chi connectivity index (χ3v) is 7.33. The lowest BCUT2D eigenvalue weighted by molar-refractivity contribution is 0.0923. The Labute approximate surface area is 205 Å². The van der Waals surface area contributed by atoms with E-state index in [-0.39, 0.29) is 6.04 Å². The molecule has 6 nitrogen and oxygen atoms in total. The number of aromatic nitrogens is 5. The van der Waals surface area contributed by atoms with Crippen LogP contribution >= 0.6 is 26.0 Å². The molecule has 0 saturated carbocycles. The van der Waals surface area contributed by atoms with Crippen LogP contribution in [0.2, 0.25) is 0 Å². The van der Waals surface area contributed by atoms with E-state index < -0.39 is 10.0 Å². The normalized spacial score (nSPS) is 13.3. The first-order valence-electron chi connectivity index (χ1n) is 10.8. The SMILES string of the molecule is C=CCC(c1cccc(Br)c1)n1cc(-c2ncnc3c2ccn3COCCS(C)(C)C)cn1. The highest BCUT2D eigenvalue weighted by Gasteiger charge is 2.17. The zero-order valence-electron chi connectivity index (χ0n) is 19.3. The Morgan fingerprint density at radius 2 is 2.06 bits per heavy atom. The van der Waals surface area contributed by atoms with Crippen LogP contribution in [-0.4, -0.2) is 55.4 Å². The van der Waals surface area contributed by atoms with Crippen molar-refractivity contribution in [2.24, 2.45) is 0 Å². The van der Waals surface area contributed by atoms with Gasteiger partial charge in [-0.2, -0.15) is 5.10 Å². The summed E-state index contributed by atoms with van der Waals surface area (Å²) in [4.78, 5) is 9.10. The Hall–Kier alpha value is -2.42. The van der Waals surface area contributed by atoms with Crippen LogP contribution in [0.4, 0.5) is 0 Å². The average Bonchev–Trinajstić information content (AvgIpc) is 3.42. The molecular weight excluding hydrogens is 498 g/mol. The van der Waals surface area contributed by atoms with E-state index in [0.29, 0.717) is 6.73 Å². The van der Waals surface area contributed by atoms with Crippen molar-refractivity contribution in [2.75, 3.05) is 31.1 Å². The van der Waals surface area contributed by atoms with Crippen LogP contribution in [0.15, 0.2) is 72.4 Å². The predicted molar refractivity (Wildman–Crippen MR) is 142 cm³/mol. The second-order valence-corrected chi connectivity index (χ2v) is 14.4. The lowest BCUT2D eigenvalue weighted by atomic mass is 10.0. The maximum Gasteiger partial charge on any atom is 0.145 e. The Bertz CT molecular complexity index is 1240. The molecule has 4 aromatic rings. The van der Waals surface area contributed by atoms with Gasteiger partial charge in [0.25, 0.3) is 0 Å². The van der Waals surface area contributed by atoms with Crippen molar-refractivity contribution < 1.29 is 4.74 Å². The molecule has 1 aromatic carbocycles. The summed E-state index contributed by atoms with van der Waals surface area (Å²) in [6.45, 7) is 5.18. The molecule has 33 heavy (non-hydrogen) atoms. The van der Waals surface area contributed by atoms with E-state index in [1.165, 1.54) is 5.56 Å². The minimum absolute atomic E-state index is 0.0639. The van der Waals surface area contributed by atoms with E-state index >= 15 is 0 Å². The molecule has 0 radical (unpaired) electrons. The quantitative estimate of drug-likeness (QED) is 0.190. The maximum atomic E-state index is 5.92. The summed E-state index contributed by atoms with van der Waals surface area (Å²) in [6.07, 6.45) is 17.2. The molecule has 0 aliphatic carbocycles. The van der Waals surface area contributed by atoms with Gasteiger partial charge in [0.15, 0.2) is 0 Å². The molecular formula is C25H30BrN5OS. The van der Waals surface area contributed by atoms with E-state index in [9.17, 15) is 0 Å². The molecule has 3 aromatic heterocycles. The van der Waals surface area contributed by atoms with E-state index in [1.54, 1.807) is 6.33 Å². The van der Waals surface area contributed by atoms with Crippen LogP contribution in [0.5, 0.6) is 0 Å². The highest BCUT2D eigenvalue weighted by atomic mass is 79.9. The van der Waals surface area contributed by atoms with Gasteiger partial charge in [-0.15, -0.1) is 6.58 Å². The molecule has 1 unspecified atom stereocenters. The minimum atomic E-state index is -0.560. The van der Waals surface area contributed by atoms with Crippen molar-refractivity contribution in [1.29, 1.82) is 0 Å². The number of fused-ring (bicyclic) bond motifs is 1. The number of nitrogens with zero attached hydrogens (tertiary/aromatic N) is 5. The van der Waals surface area contributed by atoms with E-state index in [1.807, 2.05) is 39.9 Å². The highest BCUT2D eigenvalue weighted by molar-refractivity contribution is 9.10. The van der Waals surface area contributed by atoms with Crippen LogP contribution in [0.3, 0.4) is 0 Å². The summed E-state index contributed by atoms with van der Waals surface area (Å²) >= 11 is 3.57. The van der Waals surface area contributed by atoms with Gasteiger partial charge < -0.3 is 9.30 Å². The van der Waals surface area contributed by atoms with Crippen LogP contribution < -0.4 is 0 Å². The molecule has 0 aliphatic heterocycles. The van der Waals surface area contributed by atoms with Crippen LogP contribution in [-0.2, 0) is 11.5 Å². The smallest absolute Gasteiger partial charge is 0.145 e. The molecule has 8 heteroatoms. The lowest BCUT2D eigenvalue weighted by Crippen LogP contribution is -2.10. The van der Waals surface area contributed by atoms with Gasteiger partial charge in [-0.1, -0.05) is 34.1 Å². The summed E-state index contributed by atoms with van der Waals surface area (Å²) < 4.78 is 11.0. The van der Waals surface area contributed by atoms with Gasteiger partial charge in [-0.3, -0.25) is 4.68 Å². The summed E-state index contributed by atoms with van der Waals surface area (Å²) in [5.74, 6) is 1.09. The maximum absolute atomic E-state index is 5.92. The molecule has 1 atom stereocenters. The monoisotopic (exact) mass is 527 g/mol. The molecule has 0 N–H and O–H groups in total. The van der Waals surface area contributed by atoms with Crippen molar-refractivity contribution in [3.8, 4) is 11.3 Å². The molecule has 3 heterocycles. The largest absolute Gasteiger partial charge is 0.360 e. The van der Waals surface area contributed by atoms with Crippen molar-refractivity contribution in [3.63, 3.8) is 0 Å². The molecule has 0 amide bonds. The number of allylic oxidation sites excluding steroid dienone is 1. The Morgan fingerprint density at radius 1 is 1.21 bits per heavy atom. The number of halogens is 1. The van der Waals surface area contributed by atoms with Crippen LogP contribution in [0, 0.1) is 0 Å². The third-order valence-electron chi connectivity index (χ3n) is 5.44. The number of benzene rings is 1. The summed E-state index contributed by atoms with van der Waals surface area (Å²) in [6, 6.07) is 10.4. The van der Waals surface area contributed by atoms with Gasteiger partial charge in [0.05, 0.1) is 24.5 Å². The number of hydrogen-bond acceptors (Lipinski definition) is 4. The topological polar surface area (TPSA) is 57.8 Å². The van der Waals surface area contributed by atoms with Gasteiger partial charge in [0.1, 0.15) is 18.7 Å². The molecule has 0 aliphatic rings. The zero-order valence-corrected chi connectivity index (χ0v) is 21.7. The van der Waals surface area contributed by atoms with E-state index in [4.69, 9.17) is 4.74 Å². The predicted octanol–water partition coefficient (Wildman–Crippen LogP) is 5.89. The number of rotatable bonds is 10. The summed E-state index contributed by atoms with van der Waals surface area (Å²) in [5.41, 5.74) is 3.87. The first-order valence-corrected chi connectivity index (χ1v) is 14.6. The first kappa shape index (κ1) is 23.7. The highest BCUT2D eigenvalue weighted by Crippen LogP contribution is 2.34. The second kappa shape index (κ2) is 10.2. The van der Waals surface area contributed by atoms with Crippen molar-refractivity contribution in [3.05, 3.63) is 77.9 Å². The average molecular weight is 529 g/mol. The standard InChI is InChI=1S/C25H30BrN5OS/c1-5-7-23(19-8-6-9-21(26)14-19)31-16-20(15-29-31)24-22-10-11-30(25(22)28-17-27-24)18-32-12-13-33(2,3)4/h5-6,8-11,14-17,23H,1,7,12-13,18H2,2-4H3. The molecule has 4 rings (SSSR count). The summed E-state index contributed by atoms with van der Waals surface area (Å²) in [7, 11) is -0.560. The molecule has 0 fully saturated rings. The van der Waals surface area contributed by atoms with Gasteiger partial charge in [0.2, 0.25) is 0 Å².